The highest BCUT2D eigenvalue weighted by molar-refractivity contribution is 5.89. The standard InChI is InChI=1S/C24H34N6O2/c1-28-12-13-29(22(19-28)20-6-3-2-4-7-20)11-5-10-25-24(31)27-21-8-9-23(26-18-21)30-14-16-32-17-15-30/h2-4,6-9,18,22H,5,10-17,19H2,1H3,(H2,25,27,31)/t22-/m0/s1. The molecule has 172 valence electrons. The molecule has 2 aliphatic rings. The van der Waals surface area contributed by atoms with E-state index in [1.54, 1.807) is 6.20 Å². The van der Waals surface area contributed by atoms with Crippen LogP contribution in [0, 0.1) is 0 Å². The highest BCUT2D eigenvalue weighted by Crippen LogP contribution is 2.24. The molecular formula is C24H34N6O2. The predicted molar refractivity (Wildman–Crippen MR) is 127 cm³/mol. The number of nitrogens with one attached hydrogen (secondary N) is 2. The quantitative estimate of drug-likeness (QED) is 0.647. The Morgan fingerprint density at radius 1 is 1.09 bits per heavy atom. The first-order valence-electron chi connectivity index (χ1n) is 11.5. The second-order valence-electron chi connectivity index (χ2n) is 8.46. The number of piperazine rings is 1. The van der Waals surface area contributed by atoms with Crippen molar-refractivity contribution < 1.29 is 9.53 Å². The second-order valence-corrected chi connectivity index (χ2v) is 8.46. The van der Waals surface area contributed by atoms with Gasteiger partial charge in [0.1, 0.15) is 5.82 Å². The van der Waals surface area contributed by atoms with Crippen molar-refractivity contribution in [2.75, 3.05) is 76.3 Å². The van der Waals surface area contributed by atoms with E-state index in [9.17, 15) is 4.79 Å². The molecule has 0 bridgehead atoms. The maximum Gasteiger partial charge on any atom is 0.319 e. The van der Waals surface area contributed by atoms with Crippen molar-refractivity contribution in [2.45, 2.75) is 12.5 Å². The van der Waals surface area contributed by atoms with E-state index in [2.05, 4.69) is 67.7 Å². The third-order valence-electron chi connectivity index (χ3n) is 6.13. The first kappa shape index (κ1) is 22.5. The van der Waals surface area contributed by atoms with Gasteiger partial charge in [0.15, 0.2) is 0 Å². The van der Waals surface area contributed by atoms with Crippen molar-refractivity contribution in [3.63, 3.8) is 0 Å². The lowest BCUT2D eigenvalue weighted by atomic mass is 10.0. The molecule has 2 fully saturated rings. The van der Waals surface area contributed by atoms with Gasteiger partial charge in [0.2, 0.25) is 0 Å². The number of aromatic nitrogens is 1. The van der Waals surface area contributed by atoms with Gasteiger partial charge in [-0.3, -0.25) is 4.90 Å². The molecule has 2 amide bonds. The minimum atomic E-state index is -0.191. The van der Waals surface area contributed by atoms with Gasteiger partial charge in [-0.25, -0.2) is 9.78 Å². The van der Waals surface area contributed by atoms with Crippen molar-refractivity contribution in [3.05, 3.63) is 54.2 Å². The Balaban J connectivity index is 1.20. The number of carbonyl (C=O) groups excluding carboxylic acids is 1. The SMILES string of the molecule is CN1CCN(CCCNC(=O)Nc2ccc(N3CCOCC3)nc2)[C@H](c2ccccc2)C1. The van der Waals surface area contributed by atoms with Crippen LogP contribution >= 0.6 is 0 Å². The minimum Gasteiger partial charge on any atom is -0.378 e. The minimum absolute atomic E-state index is 0.191. The zero-order valence-corrected chi connectivity index (χ0v) is 18.9. The van der Waals surface area contributed by atoms with Crippen LogP contribution in [0.3, 0.4) is 0 Å². The van der Waals surface area contributed by atoms with Gasteiger partial charge >= 0.3 is 6.03 Å². The largest absolute Gasteiger partial charge is 0.378 e. The van der Waals surface area contributed by atoms with Crippen LogP contribution in [-0.2, 0) is 4.74 Å². The molecule has 32 heavy (non-hydrogen) atoms. The maximum atomic E-state index is 12.3. The maximum absolute atomic E-state index is 12.3. The zero-order chi connectivity index (χ0) is 22.2. The highest BCUT2D eigenvalue weighted by Gasteiger charge is 2.25. The van der Waals surface area contributed by atoms with E-state index in [4.69, 9.17) is 4.74 Å². The van der Waals surface area contributed by atoms with E-state index >= 15 is 0 Å². The molecule has 1 aromatic heterocycles. The van der Waals surface area contributed by atoms with Gasteiger partial charge in [0, 0.05) is 51.9 Å². The summed E-state index contributed by atoms with van der Waals surface area (Å²) in [6.07, 6.45) is 2.62. The third kappa shape index (κ3) is 6.18. The molecule has 8 heteroatoms. The number of amides is 2. The fourth-order valence-corrected chi connectivity index (χ4v) is 4.31. The Bertz CT molecular complexity index is 841. The average molecular weight is 439 g/mol. The van der Waals surface area contributed by atoms with Gasteiger partial charge in [0.05, 0.1) is 25.1 Å². The fraction of sp³-hybridized carbons (Fsp3) is 0.500. The van der Waals surface area contributed by atoms with E-state index in [1.165, 1.54) is 5.56 Å². The molecule has 0 aliphatic carbocycles. The molecule has 2 saturated heterocycles. The third-order valence-corrected chi connectivity index (χ3v) is 6.13. The summed E-state index contributed by atoms with van der Waals surface area (Å²) >= 11 is 0. The van der Waals surface area contributed by atoms with Crippen LogP contribution in [0.5, 0.6) is 0 Å². The summed E-state index contributed by atoms with van der Waals surface area (Å²) < 4.78 is 5.38. The number of morpholine rings is 1. The smallest absolute Gasteiger partial charge is 0.319 e. The summed E-state index contributed by atoms with van der Waals surface area (Å²) in [5.74, 6) is 0.916. The van der Waals surface area contributed by atoms with Crippen molar-refractivity contribution in [1.82, 2.24) is 20.1 Å². The summed E-state index contributed by atoms with van der Waals surface area (Å²) in [7, 11) is 2.18. The van der Waals surface area contributed by atoms with Crippen molar-refractivity contribution >= 4 is 17.5 Å². The number of ether oxygens (including phenoxy) is 1. The van der Waals surface area contributed by atoms with Crippen molar-refractivity contribution in [1.29, 1.82) is 0 Å². The summed E-state index contributed by atoms with van der Waals surface area (Å²) in [6.45, 7) is 7.90. The Kier molecular flexibility index (Phi) is 7.92. The number of carbonyl (C=O) groups is 1. The molecule has 8 nitrogen and oxygen atoms in total. The Morgan fingerprint density at radius 3 is 2.66 bits per heavy atom. The van der Waals surface area contributed by atoms with E-state index < -0.39 is 0 Å². The molecule has 0 spiro atoms. The average Bonchev–Trinajstić information content (AvgIpc) is 2.84. The number of urea groups is 1. The Labute approximate surface area is 190 Å². The number of nitrogens with zero attached hydrogens (tertiary/aromatic N) is 4. The Hall–Kier alpha value is -2.68. The van der Waals surface area contributed by atoms with Gasteiger partial charge in [-0.15, -0.1) is 0 Å². The van der Waals surface area contributed by atoms with Gasteiger partial charge < -0.3 is 25.2 Å². The summed E-state index contributed by atoms with van der Waals surface area (Å²) in [5, 5.41) is 5.85. The van der Waals surface area contributed by atoms with E-state index in [0.29, 0.717) is 18.3 Å². The number of anilines is 2. The number of benzene rings is 1. The molecule has 4 rings (SSSR count). The fourth-order valence-electron chi connectivity index (χ4n) is 4.31. The van der Waals surface area contributed by atoms with Crippen LogP contribution in [0.25, 0.3) is 0 Å². The molecule has 2 aromatic rings. The molecule has 0 saturated carbocycles. The lowest BCUT2D eigenvalue weighted by Crippen LogP contribution is -2.47. The molecule has 0 unspecified atom stereocenters. The summed E-state index contributed by atoms with van der Waals surface area (Å²) in [4.78, 5) is 23.9. The topological polar surface area (TPSA) is 73.0 Å². The van der Waals surface area contributed by atoms with Crippen LogP contribution in [0.2, 0.25) is 0 Å². The van der Waals surface area contributed by atoms with Gasteiger partial charge in [-0.1, -0.05) is 30.3 Å². The molecule has 3 heterocycles. The number of rotatable bonds is 7. The first-order valence-corrected chi connectivity index (χ1v) is 11.5. The van der Waals surface area contributed by atoms with Crippen molar-refractivity contribution in [2.24, 2.45) is 0 Å². The van der Waals surface area contributed by atoms with E-state index in [-0.39, 0.29) is 6.03 Å². The van der Waals surface area contributed by atoms with Gasteiger partial charge in [0.25, 0.3) is 0 Å². The predicted octanol–water partition coefficient (Wildman–Crippen LogP) is 2.42. The molecule has 1 atom stereocenters. The number of hydrogen-bond acceptors (Lipinski definition) is 6. The lowest BCUT2D eigenvalue weighted by molar-refractivity contribution is 0.0890. The number of pyridine rings is 1. The molecule has 1 aromatic carbocycles. The number of hydrogen-bond donors (Lipinski definition) is 2. The molecule has 2 aliphatic heterocycles. The number of likely N-dealkylation sites (N-methyl/N-ethyl adjacent to an activating group) is 1. The Morgan fingerprint density at radius 2 is 1.91 bits per heavy atom. The monoisotopic (exact) mass is 438 g/mol. The second kappa shape index (κ2) is 11.3. The van der Waals surface area contributed by atoms with Gasteiger partial charge in [-0.2, -0.15) is 0 Å². The van der Waals surface area contributed by atoms with Crippen LogP contribution in [0.1, 0.15) is 18.0 Å². The van der Waals surface area contributed by atoms with Crippen LogP contribution in [0.15, 0.2) is 48.7 Å². The summed E-state index contributed by atoms with van der Waals surface area (Å²) in [5.41, 5.74) is 2.06. The normalized spacial score (nSPS) is 20.2. The first-order chi connectivity index (χ1) is 15.7. The van der Waals surface area contributed by atoms with Crippen LogP contribution in [0.4, 0.5) is 16.3 Å². The van der Waals surface area contributed by atoms with Crippen LogP contribution < -0.4 is 15.5 Å². The van der Waals surface area contributed by atoms with E-state index in [0.717, 1.165) is 64.7 Å². The lowest BCUT2D eigenvalue weighted by Gasteiger charge is -2.40. The van der Waals surface area contributed by atoms with Crippen LogP contribution in [-0.4, -0.2) is 86.9 Å². The highest BCUT2D eigenvalue weighted by atomic mass is 16.5. The zero-order valence-electron chi connectivity index (χ0n) is 18.9. The van der Waals surface area contributed by atoms with Crippen molar-refractivity contribution in [3.8, 4) is 0 Å². The molecule has 0 radical (unpaired) electrons. The van der Waals surface area contributed by atoms with Gasteiger partial charge in [-0.05, 0) is 31.2 Å². The van der Waals surface area contributed by atoms with E-state index in [1.807, 2.05) is 12.1 Å². The molecular weight excluding hydrogens is 404 g/mol. The summed E-state index contributed by atoms with van der Waals surface area (Å²) in [6, 6.07) is 14.7. The molecule has 2 N–H and O–H groups in total.